The first kappa shape index (κ1) is 32.8. The number of benzene rings is 9. The summed E-state index contributed by atoms with van der Waals surface area (Å²) in [7, 11) is 0. The van der Waals surface area contributed by atoms with Crippen molar-refractivity contribution in [2.24, 2.45) is 0 Å². The van der Waals surface area contributed by atoms with Gasteiger partial charge < -0.3 is 4.42 Å². The Morgan fingerprint density at radius 1 is 0.298 bits per heavy atom. The molecule has 0 bridgehead atoms. The number of nitrogens with zero attached hydrogens (tertiary/aromatic N) is 2. The van der Waals surface area contributed by atoms with E-state index in [1.165, 1.54) is 27.1 Å². The van der Waals surface area contributed by atoms with Crippen LogP contribution in [0.5, 0.6) is 0 Å². The van der Waals surface area contributed by atoms with Crippen molar-refractivity contribution in [3.8, 4) is 67.3 Å². The first-order valence-corrected chi connectivity index (χ1v) is 19.3. The van der Waals surface area contributed by atoms with Gasteiger partial charge in [0.1, 0.15) is 11.2 Å². The van der Waals surface area contributed by atoms with Crippen LogP contribution in [0.4, 0.5) is 0 Å². The molecule has 266 valence electrons. The molecule has 0 radical (unpaired) electrons. The quantitative estimate of drug-likeness (QED) is 0.171. The van der Waals surface area contributed by atoms with Crippen LogP contribution in [0.15, 0.2) is 211 Å². The summed E-state index contributed by atoms with van der Waals surface area (Å²) in [5, 5.41) is 7.01. The van der Waals surface area contributed by atoms with E-state index in [0.29, 0.717) is 5.82 Å². The zero-order valence-electron chi connectivity index (χ0n) is 30.9. The number of hydrogen-bond acceptors (Lipinski definition) is 3. The predicted octanol–water partition coefficient (Wildman–Crippen LogP) is 14.7. The highest BCUT2D eigenvalue weighted by atomic mass is 16.3. The Balaban J connectivity index is 1.18. The molecule has 2 heterocycles. The molecule has 0 saturated heterocycles. The van der Waals surface area contributed by atoms with Crippen molar-refractivity contribution in [3.63, 3.8) is 0 Å². The van der Waals surface area contributed by atoms with Crippen molar-refractivity contribution in [1.29, 1.82) is 0 Å². The lowest BCUT2D eigenvalue weighted by molar-refractivity contribution is 0.670. The molecular formula is C54H34N2O. The summed E-state index contributed by atoms with van der Waals surface area (Å²) >= 11 is 0. The van der Waals surface area contributed by atoms with Gasteiger partial charge in [0, 0.05) is 33.0 Å². The first-order chi connectivity index (χ1) is 28.2. The molecule has 2 aromatic heterocycles. The highest BCUT2D eigenvalue weighted by Crippen LogP contribution is 2.42. The van der Waals surface area contributed by atoms with E-state index >= 15 is 0 Å². The second-order valence-electron chi connectivity index (χ2n) is 14.5. The Bertz CT molecular complexity index is 3300. The summed E-state index contributed by atoms with van der Waals surface area (Å²) in [4.78, 5) is 10.7. The number of hydrogen-bond donors (Lipinski definition) is 0. The van der Waals surface area contributed by atoms with Gasteiger partial charge in [-0.25, -0.2) is 9.97 Å². The minimum Gasteiger partial charge on any atom is -0.455 e. The fourth-order valence-electron chi connectivity index (χ4n) is 8.39. The van der Waals surface area contributed by atoms with Crippen molar-refractivity contribution in [1.82, 2.24) is 9.97 Å². The van der Waals surface area contributed by atoms with Crippen LogP contribution in [-0.4, -0.2) is 9.97 Å². The van der Waals surface area contributed by atoms with Gasteiger partial charge in [-0.3, -0.25) is 0 Å². The lowest BCUT2D eigenvalue weighted by Gasteiger charge is -2.16. The third-order valence-electron chi connectivity index (χ3n) is 11.1. The lowest BCUT2D eigenvalue weighted by atomic mass is 9.91. The molecule has 0 aliphatic carbocycles. The summed E-state index contributed by atoms with van der Waals surface area (Å²) in [5.41, 5.74) is 13.1. The zero-order chi connectivity index (χ0) is 37.7. The largest absolute Gasteiger partial charge is 0.455 e. The van der Waals surface area contributed by atoms with Gasteiger partial charge >= 0.3 is 0 Å². The van der Waals surface area contributed by atoms with E-state index in [2.05, 4.69) is 176 Å². The van der Waals surface area contributed by atoms with E-state index in [4.69, 9.17) is 14.4 Å². The molecule has 11 rings (SSSR count). The third kappa shape index (κ3) is 5.76. The minimum absolute atomic E-state index is 0.673. The molecule has 3 nitrogen and oxygen atoms in total. The number of furan rings is 1. The zero-order valence-corrected chi connectivity index (χ0v) is 30.9. The summed E-state index contributed by atoms with van der Waals surface area (Å²) in [6, 6.07) is 72.8. The average Bonchev–Trinajstić information content (AvgIpc) is 3.68. The maximum absolute atomic E-state index is 6.61. The number of para-hydroxylation sites is 2. The first-order valence-electron chi connectivity index (χ1n) is 19.3. The third-order valence-corrected chi connectivity index (χ3v) is 11.1. The number of aromatic nitrogens is 2. The van der Waals surface area contributed by atoms with Crippen molar-refractivity contribution in [2.45, 2.75) is 0 Å². The Labute approximate surface area is 330 Å². The van der Waals surface area contributed by atoms with Crippen LogP contribution < -0.4 is 0 Å². The summed E-state index contributed by atoms with van der Waals surface area (Å²) in [5.74, 6) is 0.673. The van der Waals surface area contributed by atoms with Crippen LogP contribution in [0, 0.1) is 0 Å². The van der Waals surface area contributed by atoms with Gasteiger partial charge in [0.05, 0.1) is 11.4 Å². The minimum atomic E-state index is 0.673. The van der Waals surface area contributed by atoms with Crippen LogP contribution in [-0.2, 0) is 0 Å². The second kappa shape index (κ2) is 13.6. The molecule has 0 N–H and O–H groups in total. The number of fused-ring (bicyclic) bond motifs is 5. The molecule has 0 atom stereocenters. The summed E-state index contributed by atoms with van der Waals surface area (Å²) in [6.45, 7) is 0. The van der Waals surface area contributed by atoms with E-state index in [9.17, 15) is 0 Å². The molecule has 11 aromatic rings. The Kier molecular flexibility index (Phi) is 7.82. The maximum atomic E-state index is 6.61. The topological polar surface area (TPSA) is 38.9 Å². The highest BCUT2D eigenvalue weighted by molar-refractivity contribution is 6.10. The SMILES string of the molecule is c1ccc(-c2nc(-c3cc(-c4cccc5ccccc45)cc(-c4cccc5c4oc4ccccc45)c3)cc(-c3ccccc3-c3cccc4ccccc34)n2)cc1. The molecule has 0 saturated carbocycles. The molecule has 3 heteroatoms. The molecule has 0 unspecified atom stereocenters. The van der Waals surface area contributed by atoms with Gasteiger partial charge in [-0.05, 0) is 79.7 Å². The van der Waals surface area contributed by atoms with Gasteiger partial charge in [0.2, 0.25) is 0 Å². The van der Waals surface area contributed by atoms with Crippen LogP contribution in [0.1, 0.15) is 0 Å². The molecule has 57 heavy (non-hydrogen) atoms. The Morgan fingerprint density at radius 3 is 1.60 bits per heavy atom. The average molecular weight is 727 g/mol. The van der Waals surface area contributed by atoms with Gasteiger partial charge in [0.15, 0.2) is 5.82 Å². The molecule has 0 amide bonds. The van der Waals surface area contributed by atoms with E-state index < -0.39 is 0 Å². The highest BCUT2D eigenvalue weighted by Gasteiger charge is 2.19. The summed E-state index contributed by atoms with van der Waals surface area (Å²) in [6.07, 6.45) is 0. The van der Waals surface area contributed by atoms with Gasteiger partial charge in [-0.2, -0.15) is 0 Å². The summed E-state index contributed by atoms with van der Waals surface area (Å²) < 4.78 is 6.61. The maximum Gasteiger partial charge on any atom is 0.160 e. The molecule has 0 fully saturated rings. The molecule has 9 aromatic carbocycles. The molecule has 0 aliphatic heterocycles. The fraction of sp³-hybridized carbons (Fsp3) is 0. The Hall–Kier alpha value is -7.62. The fourth-order valence-corrected chi connectivity index (χ4v) is 8.39. The standard InChI is InChI=1S/C54H34N2O/c1-2-17-37(18-3-1)54-55-50(34-51(56-54)47-24-9-8-23-46(47)45-28-13-20-36-16-5-7-22-42(36)45)40-32-38(43-26-12-19-35-15-4-6-21-41(35)43)31-39(33-40)44-27-14-29-49-48-25-10-11-30-52(48)57-53(44)49/h1-34H. The normalized spacial score (nSPS) is 11.5. The molecule has 0 aliphatic rings. The van der Waals surface area contributed by atoms with E-state index in [1.54, 1.807) is 0 Å². The van der Waals surface area contributed by atoms with Crippen molar-refractivity contribution in [2.75, 3.05) is 0 Å². The molecular weight excluding hydrogens is 693 g/mol. The lowest BCUT2D eigenvalue weighted by Crippen LogP contribution is -1.98. The monoisotopic (exact) mass is 726 g/mol. The Morgan fingerprint density at radius 2 is 0.807 bits per heavy atom. The van der Waals surface area contributed by atoms with Gasteiger partial charge in [-0.15, -0.1) is 0 Å². The van der Waals surface area contributed by atoms with Crippen LogP contribution in [0.3, 0.4) is 0 Å². The predicted molar refractivity (Wildman–Crippen MR) is 237 cm³/mol. The van der Waals surface area contributed by atoms with Crippen LogP contribution >= 0.6 is 0 Å². The van der Waals surface area contributed by atoms with E-state index in [-0.39, 0.29) is 0 Å². The van der Waals surface area contributed by atoms with Crippen LogP contribution in [0.2, 0.25) is 0 Å². The van der Waals surface area contributed by atoms with Crippen molar-refractivity contribution < 1.29 is 4.42 Å². The number of rotatable bonds is 6. The second-order valence-corrected chi connectivity index (χ2v) is 14.5. The van der Waals surface area contributed by atoms with Crippen molar-refractivity contribution >= 4 is 43.5 Å². The van der Waals surface area contributed by atoms with E-state index in [1.807, 2.05) is 30.3 Å². The smallest absolute Gasteiger partial charge is 0.160 e. The molecule has 0 spiro atoms. The van der Waals surface area contributed by atoms with Gasteiger partial charge in [0.25, 0.3) is 0 Å². The van der Waals surface area contributed by atoms with Crippen LogP contribution in [0.25, 0.3) is 111 Å². The van der Waals surface area contributed by atoms with E-state index in [0.717, 1.165) is 77.8 Å². The van der Waals surface area contributed by atoms with Gasteiger partial charge in [-0.1, -0.05) is 176 Å². The van der Waals surface area contributed by atoms with Crippen molar-refractivity contribution in [3.05, 3.63) is 206 Å².